The normalized spacial score (nSPS) is 11.0. The smallest absolute Gasteiger partial charge is 0.348 e. The highest BCUT2D eigenvalue weighted by atomic mass is 32.1. The van der Waals surface area contributed by atoms with Gasteiger partial charge in [0.2, 0.25) is 0 Å². The summed E-state index contributed by atoms with van der Waals surface area (Å²) in [5, 5.41) is 10.2. The van der Waals surface area contributed by atoms with Gasteiger partial charge in [0.1, 0.15) is 15.6 Å². The molecule has 0 aliphatic carbocycles. The van der Waals surface area contributed by atoms with E-state index in [2.05, 4.69) is 28.7 Å². The number of carbonyl (C=O) groups is 1. The van der Waals surface area contributed by atoms with Crippen LogP contribution in [0.3, 0.4) is 0 Å². The number of nitrogens with zero attached hydrogens (tertiary/aromatic N) is 3. The number of pyridine rings is 1. The maximum Gasteiger partial charge on any atom is 0.348 e. The third-order valence-corrected chi connectivity index (χ3v) is 4.44. The van der Waals surface area contributed by atoms with E-state index in [-0.39, 0.29) is 4.88 Å². The van der Waals surface area contributed by atoms with E-state index in [1.807, 2.05) is 6.07 Å². The van der Waals surface area contributed by atoms with Crippen LogP contribution in [0, 0.1) is 0 Å². The lowest BCUT2D eigenvalue weighted by Crippen LogP contribution is -2.23. The Hall–Kier alpha value is -1.79. The topological polar surface area (TPSA) is 66.3 Å². The van der Waals surface area contributed by atoms with E-state index >= 15 is 0 Å². The SMILES string of the molecule is CCCCN(CC)Cc1nc(-c2ccccn2)c(C(=O)O)s1. The van der Waals surface area contributed by atoms with Gasteiger partial charge in [-0.2, -0.15) is 0 Å². The quantitative estimate of drug-likeness (QED) is 0.806. The molecule has 2 heterocycles. The van der Waals surface area contributed by atoms with Gasteiger partial charge in [0, 0.05) is 6.20 Å². The minimum absolute atomic E-state index is 0.264. The van der Waals surface area contributed by atoms with Crippen LogP contribution in [0.1, 0.15) is 41.4 Å². The Kier molecular flexibility index (Phi) is 6.03. The molecule has 2 rings (SSSR count). The summed E-state index contributed by atoms with van der Waals surface area (Å²) in [5.74, 6) is -0.944. The lowest BCUT2D eigenvalue weighted by atomic mass is 10.2. The van der Waals surface area contributed by atoms with Crippen molar-refractivity contribution < 1.29 is 9.90 Å². The minimum atomic E-state index is -0.944. The molecule has 0 unspecified atom stereocenters. The van der Waals surface area contributed by atoms with Crippen molar-refractivity contribution in [3.63, 3.8) is 0 Å². The Morgan fingerprint density at radius 3 is 2.77 bits per heavy atom. The van der Waals surface area contributed by atoms with Gasteiger partial charge < -0.3 is 5.11 Å². The molecular weight excluding hydrogens is 298 g/mol. The Labute approximate surface area is 134 Å². The fourth-order valence-corrected chi connectivity index (χ4v) is 3.13. The summed E-state index contributed by atoms with van der Waals surface area (Å²) in [6, 6.07) is 5.44. The van der Waals surface area contributed by atoms with Gasteiger partial charge >= 0.3 is 5.97 Å². The molecule has 5 nitrogen and oxygen atoms in total. The van der Waals surface area contributed by atoms with E-state index in [1.54, 1.807) is 18.3 Å². The number of carboxylic acid groups (broad SMARTS) is 1. The summed E-state index contributed by atoms with van der Waals surface area (Å²) in [6.45, 7) is 6.91. The zero-order valence-corrected chi connectivity index (χ0v) is 13.8. The molecule has 0 amide bonds. The molecule has 0 saturated carbocycles. The van der Waals surface area contributed by atoms with E-state index < -0.39 is 5.97 Å². The van der Waals surface area contributed by atoms with Crippen LogP contribution in [-0.4, -0.2) is 39.0 Å². The molecule has 0 fully saturated rings. The highest BCUT2D eigenvalue weighted by Crippen LogP contribution is 2.27. The van der Waals surface area contributed by atoms with Crippen molar-refractivity contribution in [1.82, 2.24) is 14.9 Å². The molecule has 0 atom stereocenters. The number of rotatable bonds is 8. The first-order chi connectivity index (χ1) is 10.7. The number of hydrogen-bond donors (Lipinski definition) is 1. The van der Waals surface area contributed by atoms with Gasteiger partial charge in [0.05, 0.1) is 12.2 Å². The van der Waals surface area contributed by atoms with E-state index in [0.29, 0.717) is 17.9 Å². The van der Waals surface area contributed by atoms with Crippen LogP contribution in [0.25, 0.3) is 11.4 Å². The molecule has 6 heteroatoms. The molecule has 0 saturated heterocycles. The van der Waals surface area contributed by atoms with Crippen LogP contribution < -0.4 is 0 Å². The molecule has 118 valence electrons. The summed E-state index contributed by atoms with van der Waals surface area (Å²) >= 11 is 1.25. The summed E-state index contributed by atoms with van der Waals surface area (Å²) in [7, 11) is 0. The predicted octanol–water partition coefficient (Wildman–Crippen LogP) is 3.53. The van der Waals surface area contributed by atoms with Crippen molar-refractivity contribution in [2.24, 2.45) is 0 Å². The van der Waals surface area contributed by atoms with Crippen LogP contribution >= 0.6 is 11.3 Å². The van der Waals surface area contributed by atoms with E-state index in [4.69, 9.17) is 0 Å². The first kappa shape index (κ1) is 16.6. The number of thiazole rings is 1. The van der Waals surface area contributed by atoms with Crippen molar-refractivity contribution in [2.45, 2.75) is 33.2 Å². The van der Waals surface area contributed by atoms with E-state index in [9.17, 15) is 9.90 Å². The summed E-state index contributed by atoms with van der Waals surface area (Å²) < 4.78 is 0. The number of hydrogen-bond acceptors (Lipinski definition) is 5. The lowest BCUT2D eigenvalue weighted by molar-refractivity contribution is 0.0702. The zero-order chi connectivity index (χ0) is 15.9. The van der Waals surface area contributed by atoms with Crippen molar-refractivity contribution in [3.05, 3.63) is 34.3 Å². The third kappa shape index (κ3) is 4.11. The third-order valence-electron chi connectivity index (χ3n) is 3.41. The molecular formula is C16H21N3O2S. The number of unbranched alkanes of at least 4 members (excludes halogenated alkanes) is 1. The van der Waals surface area contributed by atoms with Crippen LogP contribution in [0.4, 0.5) is 0 Å². The first-order valence-electron chi connectivity index (χ1n) is 7.52. The van der Waals surface area contributed by atoms with Gasteiger partial charge in [-0.05, 0) is 31.6 Å². The second-order valence-electron chi connectivity index (χ2n) is 5.03. The largest absolute Gasteiger partial charge is 0.477 e. The van der Waals surface area contributed by atoms with Crippen molar-refractivity contribution >= 4 is 17.3 Å². The van der Waals surface area contributed by atoms with Gasteiger partial charge in [-0.1, -0.05) is 26.3 Å². The predicted molar refractivity (Wildman–Crippen MR) is 88.2 cm³/mol. The summed E-state index contributed by atoms with van der Waals surface area (Å²) in [4.78, 5) is 22.8. The molecule has 0 aliphatic heterocycles. The average Bonchev–Trinajstić information content (AvgIpc) is 2.96. The molecule has 2 aromatic heterocycles. The van der Waals surface area contributed by atoms with Gasteiger partial charge in [-0.15, -0.1) is 11.3 Å². The van der Waals surface area contributed by atoms with Crippen LogP contribution in [0.15, 0.2) is 24.4 Å². The van der Waals surface area contributed by atoms with Crippen LogP contribution in [-0.2, 0) is 6.54 Å². The highest BCUT2D eigenvalue weighted by molar-refractivity contribution is 7.14. The fourth-order valence-electron chi connectivity index (χ4n) is 2.18. The monoisotopic (exact) mass is 319 g/mol. The molecule has 1 N–H and O–H groups in total. The Bertz CT molecular complexity index is 613. The van der Waals surface area contributed by atoms with E-state index in [1.165, 1.54) is 11.3 Å². The first-order valence-corrected chi connectivity index (χ1v) is 8.34. The molecule has 0 bridgehead atoms. The molecule has 0 aliphatic rings. The van der Waals surface area contributed by atoms with Gasteiger partial charge in [0.15, 0.2) is 0 Å². The van der Waals surface area contributed by atoms with E-state index in [0.717, 1.165) is 30.9 Å². The minimum Gasteiger partial charge on any atom is -0.477 e. The molecule has 22 heavy (non-hydrogen) atoms. The standard InChI is InChI=1S/C16H21N3O2S/c1-3-5-10-19(4-2)11-13-18-14(15(22-13)16(20)21)12-8-6-7-9-17-12/h6-9H,3-5,10-11H2,1-2H3,(H,20,21). The van der Waals surface area contributed by atoms with Crippen molar-refractivity contribution in [1.29, 1.82) is 0 Å². The second-order valence-corrected chi connectivity index (χ2v) is 6.11. The van der Waals surface area contributed by atoms with Gasteiger partial charge in [0.25, 0.3) is 0 Å². The zero-order valence-electron chi connectivity index (χ0n) is 13.0. The Morgan fingerprint density at radius 2 is 2.18 bits per heavy atom. The number of aromatic carboxylic acids is 1. The average molecular weight is 319 g/mol. The molecule has 0 aromatic carbocycles. The lowest BCUT2D eigenvalue weighted by Gasteiger charge is -2.18. The van der Waals surface area contributed by atoms with Gasteiger partial charge in [-0.3, -0.25) is 9.88 Å². The van der Waals surface area contributed by atoms with Crippen LogP contribution in [0.5, 0.6) is 0 Å². The maximum absolute atomic E-state index is 11.5. The summed E-state index contributed by atoms with van der Waals surface area (Å²) in [5.41, 5.74) is 1.08. The Morgan fingerprint density at radius 1 is 1.36 bits per heavy atom. The number of aromatic nitrogens is 2. The van der Waals surface area contributed by atoms with Crippen molar-refractivity contribution in [2.75, 3.05) is 13.1 Å². The fraction of sp³-hybridized carbons (Fsp3) is 0.438. The molecule has 0 radical (unpaired) electrons. The summed E-state index contributed by atoms with van der Waals surface area (Å²) in [6.07, 6.45) is 3.94. The molecule has 0 spiro atoms. The second kappa shape index (κ2) is 8.00. The molecule has 2 aromatic rings. The maximum atomic E-state index is 11.5. The Balaban J connectivity index is 2.25. The van der Waals surface area contributed by atoms with Gasteiger partial charge in [-0.25, -0.2) is 9.78 Å². The number of carboxylic acids is 1. The highest BCUT2D eigenvalue weighted by Gasteiger charge is 2.20. The van der Waals surface area contributed by atoms with Crippen LogP contribution in [0.2, 0.25) is 0 Å². The van der Waals surface area contributed by atoms with Crippen molar-refractivity contribution in [3.8, 4) is 11.4 Å².